The van der Waals surface area contributed by atoms with E-state index in [2.05, 4.69) is 47.5 Å². The number of para-hydroxylation sites is 1. The number of amides is 2. The number of nitrogens with one attached hydrogen (secondary N) is 1. The van der Waals surface area contributed by atoms with Crippen LogP contribution in [0.3, 0.4) is 0 Å². The third-order valence-electron chi connectivity index (χ3n) is 6.39. The number of carbonyl (C=O) groups is 2. The van der Waals surface area contributed by atoms with Gasteiger partial charge in [-0.1, -0.05) is 37.3 Å². The second-order valence-corrected chi connectivity index (χ2v) is 9.33. The van der Waals surface area contributed by atoms with E-state index in [9.17, 15) is 9.59 Å². The Labute approximate surface area is 201 Å². The van der Waals surface area contributed by atoms with Crippen LogP contribution in [0.4, 0.5) is 5.69 Å². The standard InChI is InChI=1S/C28H32N4O2/c1-18-14-20(16-19-10-12-21(13-11-19)31(3)4)27-23(15-18)26(22-8-6-7-9-24(22)30-27)28(34)32(5)17-25(33)29-2/h6-13,16,18H,14-15,17H2,1-5H3,(H,29,33). The van der Waals surface area contributed by atoms with E-state index in [1.54, 1.807) is 14.1 Å². The van der Waals surface area contributed by atoms with Crippen molar-refractivity contribution in [1.29, 1.82) is 0 Å². The van der Waals surface area contributed by atoms with Gasteiger partial charge in [0.2, 0.25) is 5.91 Å². The molecule has 1 atom stereocenters. The van der Waals surface area contributed by atoms with Crippen molar-refractivity contribution in [1.82, 2.24) is 15.2 Å². The van der Waals surface area contributed by atoms with E-state index in [-0.39, 0.29) is 18.4 Å². The van der Waals surface area contributed by atoms with E-state index in [1.165, 1.54) is 4.90 Å². The Morgan fingerprint density at radius 3 is 2.44 bits per heavy atom. The molecule has 176 valence electrons. The molecule has 0 saturated heterocycles. The average molecular weight is 457 g/mol. The molecule has 2 amide bonds. The number of rotatable bonds is 5. The molecule has 0 saturated carbocycles. The molecular formula is C28H32N4O2. The summed E-state index contributed by atoms with van der Waals surface area (Å²) < 4.78 is 0. The highest BCUT2D eigenvalue weighted by Crippen LogP contribution is 2.39. The number of nitrogens with zero attached hydrogens (tertiary/aromatic N) is 3. The van der Waals surface area contributed by atoms with Crippen molar-refractivity contribution in [2.24, 2.45) is 5.92 Å². The summed E-state index contributed by atoms with van der Waals surface area (Å²) in [6.07, 6.45) is 3.87. The first-order chi connectivity index (χ1) is 16.3. The molecule has 2 aromatic carbocycles. The predicted molar refractivity (Wildman–Crippen MR) is 139 cm³/mol. The van der Waals surface area contributed by atoms with Crippen molar-refractivity contribution in [2.45, 2.75) is 19.8 Å². The van der Waals surface area contributed by atoms with Crippen LogP contribution < -0.4 is 10.2 Å². The summed E-state index contributed by atoms with van der Waals surface area (Å²) in [4.78, 5) is 34.2. The van der Waals surface area contributed by atoms with Gasteiger partial charge in [-0.25, -0.2) is 4.98 Å². The van der Waals surface area contributed by atoms with Crippen molar-refractivity contribution in [3.63, 3.8) is 0 Å². The zero-order valence-corrected chi connectivity index (χ0v) is 20.6. The zero-order valence-electron chi connectivity index (χ0n) is 20.6. The molecule has 3 aromatic rings. The number of pyridine rings is 1. The summed E-state index contributed by atoms with van der Waals surface area (Å²) in [5.41, 5.74) is 6.72. The highest BCUT2D eigenvalue weighted by atomic mass is 16.2. The molecule has 0 fully saturated rings. The maximum atomic E-state index is 13.6. The number of fused-ring (bicyclic) bond motifs is 2. The molecule has 0 aliphatic heterocycles. The molecule has 1 heterocycles. The maximum absolute atomic E-state index is 13.6. The second-order valence-electron chi connectivity index (χ2n) is 9.33. The Bertz CT molecular complexity index is 1260. The molecule has 6 heteroatoms. The van der Waals surface area contributed by atoms with E-state index in [0.29, 0.717) is 11.5 Å². The van der Waals surface area contributed by atoms with Gasteiger partial charge in [-0.2, -0.15) is 0 Å². The van der Waals surface area contributed by atoms with Gasteiger partial charge in [-0.3, -0.25) is 9.59 Å². The average Bonchev–Trinajstić information content (AvgIpc) is 2.82. The van der Waals surface area contributed by atoms with E-state index in [4.69, 9.17) is 4.98 Å². The number of aromatic nitrogens is 1. The number of hydrogen-bond donors (Lipinski definition) is 1. The van der Waals surface area contributed by atoms with Crippen LogP contribution in [0.2, 0.25) is 0 Å². The highest BCUT2D eigenvalue weighted by Gasteiger charge is 2.29. The lowest BCUT2D eigenvalue weighted by molar-refractivity contribution is -0.121. The monoisotopic (exact) mass is 456 g/mol. The number of carbonyl (C=O) groups excluding carboxylic acids is 2. The van der Waals surface area contributed by atoms with Crippen molar-refractivity contribution in [2.75, 3.05) is 39.6 Å². The van der Waals surface area contributed by atoms with Gasteiger partial charge in [0, 0.05) is 39.3 Å². The SMILES string of the molecule is CNC(=O)CN(C)C(=O)c1c2c(nc3ccccc13)C(=Cc1ccc(N(C)C)cc1)CC(C)C2. The number of benzene rings is 2. The van der Waals surface area contributed by atoms with Gasteiger partial charge in [0.25, 0.3) is 5.91 Å². The number of allylic oxidation sites excluding steroid dienone is 1. The van der Waals surface area contributed by atoms with Crippen LogP contribution >= 0.6 is 0 Å². The topological polar surface area (TPSA) is 65.5 Å². The van der Waals surface area contributed by atoms with Crippen molar-refractivity contribution in [3.05, 3.63) is 70.9 Å². The van der Waals surface area contributed by atoms with Crippen LogP contribution in [0.25, 0.3) is 22.6 Å². The Balaban J connectivity index is 1.86. The van der Waals surface area contributed by atoms with E-state index < -0.39 is 0 Å². The third kappa shape index (κ3) is 4.67. The van der Waals surface area contributed by atoms with E-state index in [0.717, 1.165) is 51.8 Å². The zero-order chi connectivity index (χ0) is 24.4. The Hall–Kier alpha value is -3.67. The first-order valence-electron chi connectivity index (χ1n) is 11.6. The second kappa shape index (κ2) is 9.67. The van der Waals surface area contributed by atoms with Gasteiger partial charge < -0.3 is 15.1 Å². The van der Waals surface area contributed by atoms with Gasteiger partial charge in [-0.05, 0) is 59.7 Å². The molecule has 6 nitrogen and oxygen atoms in total. The van der Waals surface area contributed by atoms with Gasteiger partial charge in [-0.15, -0.1) is 0 Å². The van der Waals surface area contributed by atoms with Crippen molar-refractivity contribution >= 4 is 40.1 Å². The summed E-state index contributed by atoms with van der Waals surface area (Å²) in [5, 5.41) is 3.43. The number of likely N-dealkylation sites (N-methyl/N-ethyl adjacent to an activating group) is 2. The maximum Gasteiger partial charge on any atom is 0.255 e. The smallest absolute Gasteiger partial charge is 0.255 e. The first kappa shape index (κ1) is 23.5. The van der Waals surface area contributed by atoms with Gasteiger partial charge in [0.1, 0.15) is 0 Å². The molecule has 1 N–H and O–H groups in total. The molecule has 1 aromatic heterocycles. The molecule has 0 bridgehead atoms. The lowest BCUT2D eigenvalue weighted by atomic mass is 9.80. The Morgan fingerprint density at radius 2 is 1.76 bits per heavy atom. The summed E-state index contributed by atoms with van der Waals surface area (Å²) in [6, 6.07) is 16.2. The van der Waals surface area contributed by atoms with Crippen LogP contribution in [-0.2, 0) is 11.2 Å². The van der Waals surface area contributed by atoms with Crippen molar-refractivity contribution in [3.8, 4) is 0 Å². The molecular weight excluding hydrogens is 424 g/mol. The fraction of sp³-hybridized carbons (Fsp3) is 0.321. The fourth-order valence-corrected chi connectivity index (χ4v) is 4.61. The van der Waals surface area contributed by atoms with E-state index >= 15 is 0 Å². The fourth-order valence-electron chi connectivity index (χ4n) is 4.61. The highest BCUT2D eigenvalue weighted by molar-refractivity contribution is 6.09. The molecule has 1 aliphatic rings. The molecule has 1 aliphatic carbocycles. The minimum absolute atomic E-state index is 0.0111. The summed E-state index contributed by atoms with van der Waals surface area (Å²) in [5.74, 6) is 0.0268. The van der Waals surface area contributed by atoms with Crippen LogP contribution in [0.5, 0.6) is 0 Å². The van der Waals surface area contributed by atoms with Gasteiger partial charge >= 0.3 is 0 Å². The summed E-state index contributed by atoms with van der Waals surface area (Å²) in [7, 11) is 7.31. The lowest BCUT2D eigenvalue weighted by Gasteiger charge is -2.28. The van der Waals surface area contributed by atoms with Crippen molar-refractivity contribution < 1.29 is 9.59 Å². The third-order valence-corrected chi connectivity index (χ3v) is 6.39. The minimum Gasteiger partial charge on any atom is -0.378 e. The van der Waals surface area contributed by atoms with E-state index in [1.807, 2.05) is 38.4 Å². The Morgan fingerprint density at radius 1 is 1.06 bits per heavy atom. The normalized spacial score (nSPS) is 16.3. The first-order valence-corrected chi connectivity index (χ1v) is 11.6. The largest absolute Gasteiger partial charge is 0.378 e. The molecule has 4 rings (SSSR count). The van der Waals surface area contributed by atoms with Gasteiger partial charge in [0.05, 0.1) is 23.3 Å². The van der Waals surface area contributed by atoms with Crippen LogP contribution in [0, 0.1) is 5.92 Å². The quantitative estimate of drug-likeness (QED) is 0.624. The predicted octanol–water partition coefficient (Wildman–Crippen LogP) is 4.24. The molecule has 0 spiro atoms. The summed E-state index contributed by atoms with van der Waals surface area (Å²) in [6.45, 7) is 2.22. The molecule has 1 unspecified atom stereocenters. The lowest BCUT2D eigenvalue weighted by Crippen LogP contribution is -2.37. The molecule has 0 radical (unpaired) electrons. The Kier molecular flexibility index (Phi) is 6.68. The number of hydrogen-bond acceptors (Lipinski definition) is 4. The summed E-state index contributed by atoms with van der Waals surface area (Å²) >= 11 is 0. The minimum atomic E-state index is -0.196. The van der Waals surface area contributed by atoms with Crippen LogP contribution in [0.15, 0.2) is 48.5 Å². The van der Waals surface area contributed by atoms with Gasteiger partial charge in [0.15, 0.2) is 0 Å². The van der Waals surface area contributed by atoms with Crippen LogP contribution in [0.1, 0.15) is 40.5 Å². The van der Waals surface area contributed by atoms with Crippen LogP contribution in [-0.4, -0.2) is 56.4 Å². The number of anilines is 1. The molecule has 34 heavy (non-hydrogen) atoms.